The lowest BCUT2D eigenvalue weighted by atomic mass is 9.97. The predicted octanol–water partition coefficient (Wildman–Crippen LogP) is 1.08. The summed E-state index contributed by atoms with van der Waals surface area (Å²) in [5.74, 6) is -1.23. The summed E-state index contributed by atoms with van der Waals surface area (Å²) in [4.78, 5) is 27.1. The zero-order chi connectivity index (χ0) is 17.9. The van der Waals surface area contributed by atoms with E-state index < -0.39 is 11.5 Å². The average Bonchev–Trinajstić information content (AvgIpc) is 2.93. The van der Waals surface area contributed by atoms with E-state index in [1.54, 1.807) is 6.07 Å². The Morgan fingerprint density at radius 2 is 1.88 bits per heavy atom. The molecule has 0 aromatic heterocycles. The summed E-state index contributed by atoms with van der Waals surface area (Å²) >= 11 is 0. The summed E-state index contributed by atoms with van der Waals surface area (Å²) in [6.45, 7) is 4.46. The topological polar surface area (TPSA) is 101 Å². The molecular weight excluding hydrogens is 312 g/mol. The quantitative estimate of drug-likeness (QED) is 0.689. The maximum absolute atomic E-state index is 12.4. The molecule has 0 aliphatic carbocycles. The van der Waals surface area contributed by atoms with Crippen LogP contribution in [0.3, 0.4) is 0 Å². The molecule has 1 aromatic carbocycles. The van der Waals surface area contributed by atoms with Crippen LogP contribution >= 0.6 is 0 Å². The van der Waals surface area contributed by atoms with Gasteiger partial charge >= 0.3 is 5.97 Å². The molecule has 0 spiro atoms. The van der Waals surface area contributed by atoms with Gasteiger partial charge in [0, 0.05) is 19.5 Å². The van der Waals surface area contributed by atoms with Gasteiger partial charge in [-0.25, -0.2) is 4.79 Å². The molecule has 24 heavy (non-hydrogen) atoms. The summed E-state index contributed by atoms with van der Waals surface area (Å²) in [7, 11) is 0. The number of anilines is 2. The number of carboxylic acids is 1. The third kappa shape index (κ3) is 2.97. The van der Waals surface area contributed by atoms with Crippen LogP contribution in [0.4, 0.5) is 11.4 Å². The molecule has 0 bridgehead atoms. The Labute approximate surface area is 141 Å². The Morgan fingerprint density at radius 1 is 1.25 bits per heavy atom. The van der Waals surface area contributed by atoms with E-state index in [1.807, 2.05) is 18.7 Å². The van der Waals surface area contributed by atoms with Gasteiger partial charge in [0.25, 0.3) is 0 Å². The fourth-order valence-corrected chi connectivity index (χ4v) is 3.23. The molecule has 7 nitrogen and oxygen atoms in total. The van der Waals surface area contributed by atoms with Crippen LogP contribution < -0.4 is 9.80 Å². The highest BCUT2D eigenvalue weighted by Crippen LogP contribution is 2.40. The Morgan fingerprint density at radius 3 is 2.38 bits per heavy atom. The van der Waals surface area contributed by atoms with Crippen molar-refractivity contribution in [3.05, 3.63) is 23.8 Å². The van der Waals surface area contributed by atoms with Crippen LogP contribution in [0.25, 0.3) is 0 Å². The van der Waals surface area contributed by atoms with Gasteiger partial charge in [0.15, 0.2) is 0 Å². The van der Waals surface area contributed by atoms with Crippen molar-refractivity contribution < 1.29 is 24.9 Å². The number of carbonyl (C=O) groups excluding carboxylic acids is 1. The van der Waals surface area contributed by atoms with Crippen molar-refractivity contribution in [3.63, 3.8) is 0 Å². The molecule has 1 aliphatic rings. The number of carbonyl (C=O) groups is 2. The monoisotopic (exact) mass is 336 g/mol. The minimum atomic E-state index is -1.05. The molecule has 1 amide bonds. The van der Waals surface area contributed by atoms with Gasteiger partial charge in [0.05, 0.1) is 35.7 Å². The SMILES string of the molecule is CCN(CC)c1cc(C(=O)O)ccc1N1C(=O)CCC1(CO)CO. The van der Waals surface area contributed by atoms with Gasteiger partial charge in [-0.05, 0) is 38.5 Å². The van der Waals surface area contributed by atoms with Crippen LogP contribution in [-0.2, 0) is 4.79 Å². The summed E-state index contributed by atoms with van der Waals surface area (Å²) < 4.78 is 0. The molecule has 0 saturated carbocycles. The number of carboxylic acid groups (broad SMARTS) is 1. The molecule has 7 heteroatoms. The molecule has 0 radical (unpaired) electrons. The minimum Gasteiger partial charge on any atom is -0.478 e. The van der Waals surface area contributed by atoms with Gasteiger partial charge in [0.1, 0.15) is 0 Å². The van der Waals surface area contributed by atoms with Crippen LogP contribution in [-0.4, -0.2) is 59.0 Å². The molecule has 2 rings (SSSR count). The fourth-order valence-electron chi connectivity index (χ4n) is 3.23. The maximum Gasteiger partial charge on any atom is 0.335 e. The number of benzene rings is 1. The maximum atomic E-state index is 12.4. The number of hydrogen-bond donors (Lipinski definition) is 3. The van der Waals surface area contributed by atoms with Crippen molar-refractivity contribution in [1.82, 2.24) is 0 Å². The molecule has 132 valence electrons. The number of hydrogen-bond acceptors (Lipinski definition) is 5. The molecule has 1 heterocycles. The second-order valence-corrected chi connectivity index (χ2v) is 5.95. The van der Waals surface area contributed by atoms with E-state index in [0.717, 1.165) is 0 Å². The van der Waals surface area contributed by atoms with Gasteiger partial charge in [-0.3, -0.25) is 9.69 Å². The smallest absolute Gasteiger partial charge is 0.335 e. The van der Waals surface area contributed by atoms with Crippen molar-refractivity contribution >= 4 is 23.3 Å². The van der Waals surface area contributed by atoms with Crippen LogP contribution in [0.1, 0.15) is 37.0 Å². The fraction of sp³-hybridized carbons (Fsp3) is 0.529. The number of rotatable bonds is 7. The molecule has 1 fully saturated rings. The van der Waals surface area contributed by atoms with Crippen molar-refractivity contribution in [2.24, 2.45) is 0 Å². The van der Waals surface area contributed by atoms with Gasteiger partial charge in [-0.15, -0.1) is 0 Å². The van der Waals surface area contributed by atoms with Gasteiger partial charge in [0.2, 0.25) is 5.91 Å². The van der Waals surface area contributed by atoms with Crippen molar-refractivity contribution in [1.29, 1.82) is 0 Å². The van der Waals surface area contributed by atoms with E-state index in [9.17, 15) is 24.9 Å². The number of aliphatic hydroxyl groups excluding tert-OH is 2. The second kappa shape index (κ2) is 7.19. The first-order valence-corrected chi connectivity index (χ1v) is 8.11. The Bertz CT molecular complexity index is 623. The van der Waals surface area contributed by atoms with E-state index >= 15 is 0 Å². The lowest BCUT2D eigenvalue weighted by molar-refractivity contribution is -0.117. The van der Waals surface area contributed by atoms with E-state index in [0.29, 0.717) is 30.9 Å². The highest BCUT2D eigenvalue weighted by molar-refractivity contribution is 6.02. The molecule has 1 aliphatic heterocycles. The van der Waals surface area contributed by atoms with Gasteiger partial charge in [-0.1, -0.05) is 0 Å². The summed E-state index contributed by atoms with van der Waals surface area (Å²) in [5.41, 5.74) is 0.214. The molecule has 0 atom stereocenters. The third-order valence-electron chi connectivity index (χ3n) is 4.68. The third-order valence-corrected chi connectivity index (χ3v) is 4.68. The first kappa shape index (κ1) is 18.2. The van der Waals surface area contributed by atoms with Gasteiger partial charge < -0.3 is 20.2 Å². The van der Waals surface area contributed by atoms with Crippen molar-refractivity contribution in [3.8, 4) is 0 Å². The number of nitrogens with zero attached hydrogens (tertiary/aromatic N) is 2. The molecule has 1 saturated heterocycles. The standard InChI is InChI=1S/C17H24N2O5/c1-3-18(4-2)14-9-12(16(23)24)5-6-13(14)19-15(22)7-8-17(19,10-20)11-21/h5-6,9,20-21H,3-4,7-8,10-11H2,1-2H3,(H,23,24). The van der Waals surface area contributed by atoms with E-state index in [2.05, 4.69) is 0 Å². The highest BCUT2D eigenvalue weighted by Gasteiger charge is 2.46. The Hall–Kier alpha value is -2.12. The Kier molecular flexibility index (Phi) is 5.46. The molecule has 3 N–H and O–H groups in total. The molecular formula is C17H24N2O5. The van der Waals surface area contributed by atoms with Crippen LogP contribution in [0.2, 0.25) is 0 Å². The van der Waals surface area contributed by atoms with Crippen LogP contribution in [0.5, 0.6) is 0 Å². The zero-order valence-electron chi connectivity index (χ0n) is 14.0. The average molecular weight is 336 g/mol. The van der Waals surface area contributed by atoms with Crippen LogP contribution in [0.15, 0.2) is 18.2 Å². The van der Waals surface area contributed by atoms with Gasteiger partial charge in [-0.2, -0.15) is 0 Å². The van der Waals surface area contributed by atoms with E-state index in [1.165, 1.54) is 17.0 Å². The predicted molar refractivity (Wildman–Crippen MR) is 90.6 cm³/mol. The van der Waals surface area contributed by atoms with Crippen LogP contribution in [0, 0.1) is 0 Å². The lowest BCUT2D eigenvalue weighted by Crippen LogP contribution is -2.52. The lowest BCUT2D eigenvalue weighted by Gasteiger charge is -2.38. The largest absolute Gasteiger partial charge is 0.478 e. The zero-order valence-corrected chi connectivity index (χ0v) is 14.0. The molecule has 1 aromatic rings. The van der Waals surface area contributed by atoms with E-state index in [4.69, 9.17) is 0 Å². The van der Waals surface area contributed by atoms with Crippen molar-refractivity contribution in [2.75, 3.05) is 36.1 Å². The van der Waals surface area contributed by atoms with E-state index in [-0.39, 0.29) is 31.1 Å². The number of aliphatic hydroxyl groups is 2. The Balaban J connectivity index is 2.63. The summed E-state index contributed by atoms with van der Waals surface area (Å²) in [6, 6.07) is 4.56. The summed E-state index contributed by atoms with van der Waals surface area (Å²) in [5, 5.41) is 28.8. The number of aromatic carboxylic acids is 1. The highest BCUT2D eigenvalue weighted by atomic mass is 16.4. The second-order valence-electron chi connectivity index (χ2n) is 5.95. The number of amides is 1. The summed E-state index contributed by atoms with van der Waals surface area (Å²) in [6.07, 6.45) is 0.594. The first-order chi connectivity index (χ1) is 11.4. The first-order valence-electron chi connectivity index (χ1n) is 8.11. The van der Waals surface area contributed by atoms with Crippen molar-refractivity contribution in [2.45, 2.75) is 32.2 Å². The molecule has 0 unspecified atom stereocenters. The minimum absolute atomic E-state index is 0.130. The normalized spacial score (nSPS) is 16.5.